The Balaban J connectivity index is 2.34. The molecule has 2 N–H and O–H groups in total. The molecule has 0 heterocycles. The van der Waals surface area contributed by atoms with E-state index in [0.717, 1.165) is 17.5 Å². The Morgan fingerprint density at radius 2 is 1.78 bits per heavy atom. The second-order valence-corrected chi connectivity index (χ2v) is 4.06. The van der Waals surface area contributed by atoms with Crippen LogP contribution in [-0.4, -0.2) is 11.2 Å². The molecule has 0 fully saturated rings. The third-order valence-corrected chi connectivity index (χ3v) is 2.78. The first-order valence-electron chi connectivity index (χ1n) is 5.88. The molecule has 1 amide bonds. The minimum absolute atomic E-state index is 0.585. The summed E-state index contributed by atoms with van der Waals surface area (Å²) in [6, 6.07) is 15.7. The van der Waals surface area contributed by atoms with E-state index in [0.29, 0.717) is 5.69 Å². The fourth-order valence-corrected chi connectivity index (χ4v) is 1.87. The van der Waals surface area contributed by atoms with Gasteiger partial charge in [-0.2, -0.15) is 0 Å². The average molecular weight is 241 g/mol. The van der Waals surface area contributed by atoms with Crippen LogP contribution in [0.5, 0.6) is 0 Å². The molecule has 92 valence electrons. The maximum absolute atomic E-state index is 10.6. The topological polar surface area (TPSA) is 49.3 Å². The Labute approximate surface area is 106 Å². The lowest BCUT2D eigenvalue weighted by Gasteiger charge is -2.06. The molecule has 0 bridgehead atoms. The molecule has 0 aliphatic heterocycles. The summed E-state index contributed by atoms with van der Waals surface area (Å²) < 4.78 is 0. The highest BCUT2D eigenvalue weighted by atomic mass is 16.4. The van der Waals surface area contributed by atoms with Gasteiger partial charge in [0.15, 0.2) is 0 Å². The van der Waals surface area contributed by atoms with Gasteiger partial charge in [0.05, 0.1) is 0 Å². The zero-order chi connectivity index (χ0) is 13.0. The van der Waals surface area contributed by atoms with Gasteiger partial charge in [-0.3, -0.25) is 5.32 Å². The van der Waals surface area contributed by atoms with Crippen LogP contribution in [0.2, 0.25) is 0 Å². The van der Waals surface area contributed by atoms with E-state index in [1.54, 1.807) is 6.07 Å². The maximum atomic E-state index is 10.6. The molecule has 0 spiro atoms. The van der Waals surface area contributed by atoms with Crippen LogP contribution in [0.1, 0.15) is 12.5 Å². The average Bonchev–Trinajstić information content (AvgIpc) is 2.38. The zero-order valence-corrected chi connectivity index (χ0v) is 10.2. The van der Waals surface area contributed by atoms with Gasteiger partial charge in [0.25, 0.3) is 0 Å². The van der Waals surface area contributed by atoms with Crippen molar-refractivity contribution in [3.8, 4) is 11.1 Å². The fraction of sp³-hybridized carbons (Fsp3) is 0.133. The van der Waals surface area contributed by atoms with E-state index in [1.165, 1.54) is 5.56 Å². The molecule has 2 rings (SSSR count). The minimum Gasteiger partial charge on any atom is -0.465 e. The van der Waals surface area contributed by atoms with Crippen molar-refractivity contribution in [1.29, 1.82) is 0 Å². The van der Waals surface area contributed by atoms with Crippen molar-refractivity contribution in [3.05, 3.63) is 54.1 Å². The Bertz CT molecular complexity index is 564. The molecule has 3 heteroatoms. The lowest BCUT2D eigenvalue weighted by Crippen LogP contribution is -2.06. The summed E-state index contributed by atoms with van der Waals surface area (Å²) in [6.45, 7) is 2.11. The molecule has 2 aromatic carbocycles. The van der Waals surface area contributed by atoms with Gasteiger partial charge in [0, 0.05) is 5.69 Å². The molecule has 3 nitrogen and oxygen atoms in total. The largest absolute Gasteiger partial charge is 0.465 e. The minimum atomic E-state index is -1.05. The van der Waals surface area contributed by atoms with Crippen LogP contribution in [0, 0.1) is 0 Å². The third-order valence-electron chi connectivity index (χ3n) is 2.78. The number of rotatable bonds is 3. The summed E-state index contributed by atoms with van der Waals surface area (Å²) in [5, 5.41) is 11.1. The van der Waals surface area contributed by atoms with Crippen molar-refractivity contribution in [2.24, 2.45) is 0 Å². The summed E-state index contributed by atoms with van der Waals surface area (Å²) in [5.41, 5.74) is 3.96. The van der Waals surface area contributed by atoms with Crippen LogP contribution < -0.4 is 5.32 Å². The van der Waals surface area contributed by atoms with Gasteiger partial charge in [-0.05, 0) is 35.2 Å². The lowest BCUT2D eigenvalue weighted by atomic mass is 10.0. The van der Waals surface area contributed by atoms with E-state index < -0.39 is 6.09 Å². The predicted octanol–water partition coefficient (Wildman–Crippen LogP) is 4.01. The Hall–Kier alpha value is -2.29. The zero-order valence-electron chi connectivity index (χ0n) is 10.2. The van der Waals surface area contributed by atoms with Crippen LogP contribution in [0.4, 0.5) is 10.5 Å². The Morgan fingerprint density at radius 3 is 2.44 bits per heavy atom. The Morgan fingerprint density at radius 1 is 1.11 bits per heavy atom. The Kier molecular flexibility index (Phi) is 3.63. The van der Waals surface area contributed by atoms with Crippen molar-refractivity contribution in [1.82, 2.24) is 0 Å². The fourth-order valence-electron chi connectivity index (χ4n) is 1.87. The normalized spacial score (nSPS) is 10.1. The van der Waals surface area contributed by atoms with Crippen LogP contribution in [0.3, 0.4) is 0 Å². The highest BCUT2D eigenvalue weighted by Gasteiger charge is 2.02. The molecule has 0 unspecified atom stereocenters. The third kappa shape index (κ3) is 2.88. The molecule has 0 saturated heterocycles. The van der Waals surface area contributed by atoms with Gasteiger partial charge in [-0.25, -0.2) is 4.79 Å². The lowest BCUT2D eigenvalue weighted by molar-refractivity contribution is 0.210. The first-order chi connectivity index (χ1) is 8.69. The number of amides is 1. The van der Waals surface area contributed by atoms with Crippen molar-refractivity contribution < 1.29 is 9.90 Å². The first-order valence-corrected chi connectivity index (χ1v) is 5.88. The number of hydrogen-bond donors (Lipinski definition) is 2. The maximum Gasteiger partial charge on any atom is 0.409 e. The highest BCUT2D eigenvalue weighted by molar-refractivity contribution is 5.84. The molecule has 0 saturated carbocycles. The van der Waals surface area contributed by atoms with Gasteiger partial charge < -0.3 is 5.11 Å². The van der Waals surface area contributed by atoms with Crippen LogP contribution >= 0.6 is 0 Å². The molecule has 0 aromatic heterocycles. The second-order valence-electron chi connectivity index (χ2n) is 4.06. The molecule has 0 atom stereocenters. The van der Waals surface area contributed by atoms with Crippen molar-refractivity contribution in [2.45, 2.75) is 13.3 Å². The molecule has 2 aromatic rings. The highest BCUT2D eigenvalue weighted by Crippen LogP contribution is 2.23. The standard InChI is InChI=1S/C15H15NO2/c1-2-11-5-3-6-12(9-11)13-7-4-8-14(10-13)16-15(17)18/h3-10,16H,2H2,1H3,(H,17,18). The monoisotopic (exact) mass is 241 g/mol. The second kappa shape index (κ2) is 5.36. The van der Waals surface area contributed by atoms with Gasteiger partial charge in [-0.15, -0.1) is 0 Å². The van der Waals surface area contributed by atoms with E-state index in [1.807, 2.05) is 30.3 Å². The summed E-state index contributed by atoms with van der Waals surface area (Å²) >= 11 is 0. The van der Waals surface area contributed by atoms with E-state index in [2.05, 4.69) is 24.4 Å². The number of hydrogen-bond acceptors (Lipinski definition) is 1. The number of carboxylic acid groups (broad SMARTS) is 1. The summed E-state index contributed by atoms with van der Waals surface area (Å²) in [6.07, 6.45) is -0.0598. The van der Waals surface area contributed by atoms with Gasteiger partial charge in [0.2, 0.25) is 0 Å². The predicted molar refractivity (Wildman–Crippen MR) is 72.9 cm³/mol. The molecule has 0 aliphatic rings. The summed E-state index contributed by atoms with van der Waals surface area (Å²) in [7, 11) is 0. The quantitative estimate of drug-likeness (QED) is 0.853. The number of aryl methyl sites for hydroxylation is 1. The summed E-state index contributed by atoms with van der Waals surface area (Å²) in [5.74, 6) is 0. The summed E-state index contributed by atoms with van der Waals surface area (Å²) in [4.78, 5) is 10.6. The number of carbonyl (C=O) groups is 1. The number of nitrogens with one attached hydrogen (secondary N) is 1. The van der Waals surface area contributed by atoms with E-state index in [-0.39, 0.29) is 0 Å². The molecule has 18 heavy (non-hydrogen) atoms. The molecular formula is C15H15NO2. The number of anilines is 1. The van der Waals surface area contributed by atoms with Crippen LogP contribution in [-0.2, 0) is 6.42 Å². The van der Waals surface area contributed by atoms with Crippen LogP contribution in [0.15, 0.2) is 48.5 Å². The van der Waals surface area contributed by atoms with E-state index in [4.69, 9.17) is 5.11 Å². The van der Waals surface area contributed by atoms with E-state index in [9.17, 15) is 4.79 Å². The van der Waals surface area contributed by atoms with Crippen molar-refractivity contribution in [2.75, 3.05) is 5.32 Å². The van der Waals surface area contributed by atoms with Crippen molar-refractivity contribution in [3.63, 3.8) is 0 Å². The SMILES string of the molecule is CCc1cccc(-c2cccc(NC(=O)O)c2)c1. The first kappa shape index (κ1) is 12.2. The molecular weight excluding hydrogens is 226 g/mol. The molecule has 0 aliphatic carbocycles. The van der Waals surface area contributed by atoms with Crippen molar-refractivity contribution >= 4 is 11.8 Å². The smallest absolute Gasteiger partial charge is 0.409 e. The van der Waals surface area contributed by atoms with E-state index >= 15 is 0 Å². The van der Waals surface area contributed by atoms with Crippen LogP contribution in [0.25, 0.3) is 11.1 Å². The van der Waals surface area contributed by atoms with Gasteiger partial charge >= 0.3 is 6.09 Å². The molecule has 0 radical (unpaired) electrons. The van der Waals surface area contributed by atoms with Gasteiger partial charge in [0.1, 0.15) is 0 Å². The van der Waals surface area contributed by atoms with Gasteiger partial charge in [-0.1, -0.05) is 43.3 Å². The number of benzene rings is 2.